The number of ether oxygens (including phenoxy) is 2. The molecule has 0 bridgehead atoms. The van der Waals surface area contributed by atoms with Gasteiger partial charge in [-0.3, -0.25) is 10.1 Å². The number of esters is 1. The van der Waals surface area contributed by atoms with Gasteiger partial charge in [0.1, 0.15) is 0 Å². The average Bonchev–Trinajstić information content (AvgIpc) is 2.10. The van der Waals surface area contributed by atoms with Crippen molar-refractivity contribution >= 4 is 17.6 Å². The summed E-state index contributed by atoms with van der Waals surface area (Å²) < 4.78 is 9.78. The van der Waals surface area contributed by atoms with E-state index in [0.717, 1.165) is 0 Å². The summed E-state index contributed by atoms with van der Waals surface area (Å²) in [6.07, 6.45) is 0.303. The summed E-state index contributed by atoms with van der Waals surface area (Å²) in [5, 5.41) is 2.91. The van der Waals surface area contributed by atoms with Gasteiger partial charge in [0.15, 0.2) is 0 Å². The van der Waals surface area contributed by atoms with E-state index in [4.69, 9.17) is 21.1 Å². The van der Waals surface area contributed by atoms with Crippen LogP contribution in [0.3, 0.4) is 0 Å². The Morgan fingerprint density at radius 3 is 2.86 bits per heavy atom. The van der Waals surface area contributed by atoms with Crippen LogP contribution in [0.2, 0.25) is 0 Å². The third-order valence-electron chi connectivity index (χ3n) is 1.22. The number of halogens is 1. The van der Waals surface area contributed by atoms with Crippen molar-refractivity contribution < 1.29 is 14.3 Å². The molecule has 0 spiro atoms. The maximum absolute atomic E-state index is 11.0. The summed E-state index contributed by atoms with van der Waals surface area (Å²) in [5.74, 6) is 0.593. The first-order valence-corrected chi connectivity index (χ1v) is 4.91. The quantitative estimate of drug-likeness (QED) is 0.220. The molecule has 14 heavy (non-hydrogen) atoms. The topological polar surface area (TPSA) is 47.6 Å². The lowest BCUT2D eigenvalue weighted by atomic mass is 10.4. The lowest BCUT2D eigenvalue weighted by Crippen LogP contribution is -2.22. The van der Waals surface area contributed by atoms with Gasteiger partial charge in [0.25, 0.3) is 0 Å². The molecule has 0 saturated heterocycles. The maximum Gasteiger partial charge on any atom is 0.312 e. The molecule has 0 aliphatic heterocycles. The molecule has 0 aliphatic carbocycles. The van der Waals surface area contributed by atoms with Crippen LogP contribution in [0.5, 0.6) is 0 Å². The molecule has 0 saturated carbocycles. The highest BCUT2D eigenvalue weighted by Crippen LogP contribution is 1.93. The largest absolute Gasteiger partial charge is 0.432 e. The van der Waals surface area contributed by atoms with Gasteiger partial charge in [-0.1, -0.05) is 6.58 Å². The fourth-order valence-electron chi connectivity index (χ4n) is 0.707. The number of carbonyl (C=O) groups excluding carboxylic acids is 1. The molecule has 0 fully saturated rings. The van der Waals surface area contributed by atoms with E-state index in [1.54, 1.807) is 6.92 Å². The van der Waals surface area contributed by atoms with Crippen molar-refractivity contribution in [1.29, 1.82) is 0 Å². The molecule has 0 radical (unpaired) electrons. The molecule has 0 atom stereocenters. The van der Waals surface area contributed by atoms with Crippen LogP contribution >= 0.6 is 11.6 Å². The van der Waals surface area contributed by atoms with Crippen molar-refractivity contribution in [3.8, 4) is 0 Å². The molecule has 0 aromatic heterocycles. The van der Waals surface area contributed by atoms with Crippen molar-refractivity contribution in [2.24, 2.45) is 0 Å². The zero-order valence-electron chi connectivity index (χ0n) is 8.35. The molecular formula is C9H16ClNO3. The van der Waals surface area contributed by atoms with Crippen molar-refractivity contribution in [3.05, 3.63) is 12.3 Å². The first-order chi connectivity index (χ1) is 6.66. The third kappa shape index (κ3) is 9.51. The highest BCUT2D eigenvalue weighted by atomic mass is 35.5. The first-order valence-electron chi connectivity index (χ1n) is 4.37. The molecule has 0 heterocycles. The molecule has 0 unspecified atom stereocenters. The van der Waals surface area contributed by atoms with E-state index in [-0.39, 0.29) is 5.97 Å². The van der Waals surface area contributed by atoms with Crippen molar-refractivity contribution in [2.45, 2.75) is 13.3 Å². The monoisotopic (exact) mass is 221 g/mol. The van der Waals surface area contributed by atoms with Gasteiger partial charge < -0.3 is 9.47 Å². The van der Waals surface area contributed by atoms with Crippen LogP contribution in [0.4, 0.5) is 0 Å². The minimum atomic E-state index is -0.289. The highest BCUT2D eigenvalue weighted by Gasteiger charge is 2.01. The van der Waals surface area contributed by atoms with Crippen LogP contribution in [-0.4, -0.2) is 31.7 Å². The molecule has 0 aromatic carbocycles. The van der Waals surface area contributed by atoms with Crippen LogP contribution in [0.25, 0.3) is 0 Å². The maximum atomic E-state index is 11.0. The van der Waals surface area contributed by atoms with Crippen molar-refractivity contribution in [3.63, 3.8) is 0 Å². The van der Waals surface area contributed by atoms with Gasteiger partial charge in [-0.15, -0.1) is 11.6 Å². The van der Waals surface area contributed by atoms with Crippen LogP contribution in [0, 0.1) is 0 Å². The van der Waals surface area contributed by atoms with Crippen molar-refractivity contribution in [1.82, 2.24) is 5.32 Å². The number of alkyl halides is 1. The molecule has 0 aromatic rings. The minimum Gasteiger partial charge on any atom is -0.432 e. The van der Waals surface area contributed by atoms with Crippen LogP contribution in [0.1, 0.15) is 13.3 Å². The minimum absolute atomic E-state index is 0.289. The average molecular weight is 222 g/mol. The van der Waals surface area contributed by atoms with E-state index >= 15 is 0 Å². The Morgan fingerprint density at radius 2 is 2.29 bits per heavy atom. The van der Waals surface area contributed by atoms with E-state index in [0.29, 0.717) is 37.9 Å². The summed E-state index contributed by atoms with van der Waals surface area (Å²) in [6, 6.07) is 0. The molecule has 0 rings (SSSR count). The molecular weight excluding hydrogens is 206 g/mol. The van der Waals surface area contributed by atoms with E-state index in [1.165, 1.54) is 0 Å². The molecule has 1 N–H and O–H groups in total. The lowest BCUT2D eigenvalue weighted by molar-refractivity contribution is -0.139. The van der Waals surface area contributed by atoms with E-state index in [9.17, 15) is 4.79 Å². The van der Waals surface area contributed by atoms with Gasteiger partial charge in [0.05, 0.1) is 25.5 Å². The standard InChI is InChI=1S/C9H16ClNO3/c1-8(2)14-9(12)3-5-11-7-13-6-4-10/h11H,1,3-7H2,2H3. The fraction of sp³-hybridized carbons (Fsp3) is 0.667. The first kappa shape index (κ1) is 13.4. The van der Waals surface area contributed by atoms with Gasteiger partial charge >= 0.3 is 5.97 Å². The third-order valence-corrected chi connectivity index (χ3v) is 1.37. The summed E-state index contributed by atoms with van der Waals surface area (Å²) >= 11 is 5.39. The number of nitrogens with one attached hydrogen (secondary N) is 1. The van der Waals surface area contributed by atoms with Crippen molar-refractivity contribution in [2.75, 3.05) is 25.8 Å². The number of allylic oxidation sites excluding steroid dienone is 1. The Kier molecular flexibility index (Phi) is 8.62. The van der Waals surface area contributed by atoms with Gasteiger partial charge in [-0.05, 0) is 6.92 Å². The number of hydrogen-bond acceptors (Lipinski definition) is 4. The molecule has 82 valence electrons. The summed E-state index contributed by atoms with van der Waals surface area (Å²) in [7, 11) is 0. The number of rotatable bonds is 8. The predicted octanol–water partition coefficient (Wildman–Crippen LogP) is 1.26. The Labute approximate surface area is 89.2 Å². The van der Waals surface area contributed by atoms with E-state index in [1.807, 2.05) is 0 Å². The van der Waals surface area contributed by atoms with Crippen LogP contribution in [0.15, 0.2) is 12.3 Å². The summed E-state index contributed by atoms with van der Waals surface area (Å²) in [4.78, 5) is 11.0. The molecule has 0 amide bonds. The predicted molar refractivity (Wildman–Crippen MR) is 55.1 cm³/mol. The molecule has 4 nitrogen and oxygen atoms in total. The second kappa shape index (κ2) is 8.99. The Hall–Kier alpha value is -0.580. The second-order valence-electron chi connectivity index (χ2n) is 2.67. The highest BCUT2D eigenvalue weighted by molar-refractivity contribution is 6.17. The van der Waals surface area contributed by atoms with Gasteiger partial charge in [-0.2, -0.15) is 0 Å². The summed E-state index contributed by atoms with van der Waals surface area (Å²) in [6.45, 7) is 6.52. The summed E-state index contributed by atoms with van der Waals surface area (Å²) in [5.41, 5.74) is 0. The van der Waals surface area contributed by atoms with Gasteiger partial charge in [-0.25, -0.2) is 0 Å². The molecule has 5 heteroatoms. The van der Waals surface area contributed by atoms with E-state index < -0.39 is 0 Å². The Bertz CT molecular complexity index is 185. The van der Waals surface area contributed by atoms with E-state index in [2.05, 4.69) is 11.9 Å². The fourth-order valence-corrected chi connectivity index (χ4v) is 0.816. The number of hydrogen-bond donors (Lipinski definition) is 1. The van der Waals surface area contributed by atoms with Crippen LogP contribution in [-0.2, 0) is 14.3 Å². The zero-order chi connectivity index (χ0) is 10.8. The van der Waals surface area contributed by atoms with Gasteiger partial charge in [0, 0.05) is 12.4 Å². The smallest absolute Gasteiger partial charge is 0.312 e. The Balaban J connectivity index is 3.19. The normalized spacial score (nSPS) is 9.86. The van der Waals surface area contributed by atoms with Gasteiger partial charge in [0.2, 0.25) is 0 Å². The molecule has 0 aliphatic rings. The second-order valence-corrected chi connectivity index (χ2v) is 3.05. The lowest BCUT2D eigenvalue weighted by Gasteiger charge is -2.05. The zero-order valence-corrected chi connectivity index (χ0v) is 9.10. The Morgan fingerprint density at radius 1 is 1.57 bits per heavy atom. The number of carbonyl (C=O) groups is 1. The van der Waals surface area contributed by atoms with Crippen LogP contribution < -0.4 is 5.32 Å². The SMILES string of the molecule is C=C(C)OC(=O)CCNCOCCCl.